The second kappa shape index (κ2) is 4.29. The highest BCUT2D eigenvalue weighted by Crippen LogP contribution is 2.22. The summed E-state index contributed by atoms with van der Waals surface area (Å²) in [4.78, 5) is 26.0. The minimum Gasteiger partial charge on any atom is -0.480 e. The van der Waals surface area contributed by atoms with E-state index in [1.807, 2.05) is 7.05 Å². The van der Waals surface area contributed by atoms with Crippen molar-refractivity contribution in [3.63, 3.8) is 0 Å². The number of carboxylic acids is 1. The van der Waals surface area contributed by atoms with E-state index in [0.29, 0.717) is 0 Å². The molecule has 2 aliphatic rings. The van der Waals surface area contributed by atoms with Crippen LogP contribution in [0.3, 0.4) is 0 Å². The Hall–Kier alpha value is -1.30. The normalized spacial score (nSPS) is 31.6. The second-order valence-corrected chi connectivity index (χ2v) is 4.40. The summed E-state index contributed by atoms with van der Waals surface area (Å²) in [6.07, 6.45) is 1.34. The summed E-state index contributed by atoms with van der Waals surface area (Å²) in [6.45, 7) is 1.68. The van der Waals surface area contributed by atoms with Gasteiger partial charge in [0.25, 0.3) is 0 Å². The number of rotatable bonds is 2. The van der Waals surface area contributed by atoms with Crippen molar-refractivity contribution in [1.82, 2.24) is 9.80 Å². The smallest absolute Gasteiger partial charge is 0.411 e. The largest absolute Gasteiger partial charge is 0.480 e. The molecule has 6 heteroatoms. The minimum absolute atomic E-state index is 0.0325. The molecule has 2 fully saturated rings. The van der Waals surface area contributed by atoms with Crippen molar-refractivity contribution in [2.45, 2.75) is 24.9 Å². The van der Waals surface area contributed by atoms with Gasteiger partial charge in [-0.15, -0.1) is 0 Å². The molecule has 0 spiro atoms. The number of piperidine rings is 1. The van der Waals surface area contributed by atoms with Gasteiger partial charge in [0.05, 0.1) is 0 Å². The first-order valence-corrected chi connectivity index (χ1v) is 5.46. The topological polar surface area (TPSA) is 70.1 Å². The molecule has 0 aromatic carbocycles. The molecule has 16 heavy (non-hydrogen) atoms. The number of aliphatic carboxylic acids is 1. The third-order valence-electron chi connectivity index (χ3n) is 3.19. The lowest BCUT2D eigenvalue weighted by Gasteiger charge is -2.35. The third-order valence-corrected chi connectivity index (χ3v) is 3.19. The maximum absolute atomic E-state index is 11.5. The molecule has 90 valence electrons. The fourth-order valence-corrected chi connectivity index (χ4v) is 2.39. The number of hydrogen-bond donors (Lipinski definition) is 1. The van der Waals surface area contributed by atoms with Crippen LogP contribution < -0.4 is 0 Å². The van der Waals surface area contributed by atoms with Gasteiger partial charge in [0.1, 0.15) is 6.61 Å². The van der Waals surface area contributed by atoms with Crippen LogP contribution in [0.4, 0.5) is 4.79 Å². The molecule has 2 saturated heterocycles. The first-order chi connectivity index (χ1) is 7.59. The number of carbonyl (C=O) groups excluding carboxylic acids is 1. The molecular formula is C10H16N2O4. The van der Waals surface area contributed by atoms with E-state index in [4.69, 9.17) is 9.84 Å². The van der Waals surface area contributed by atoms with Crippen molar-refractivity contribution < 1.29 is 19.4 Å². The molecule has 2 aliphatic heterocycles. The molecule has 6 nitrogen and oxygen atoms in total. The van der Waals surface area contributed by atoms with Crippen LogP contribution in [0.25, 0.3) is 0 Å². The van der Waals surface area contributed by atoms with Gasteiger partial charge in [-0.2, -0.15) is 0 Å². The van der Waals surface area contributed by atoms with Gasteiger partial charge < -0.3 is 14.7 Å². The Morgan fingerprint density at radius 2 is 2.31 bits per heavy atom. The third kappa shape index (κ3) is 1.97. The number of amides is 1. The predicted octanol–water partition coefficient (Wildman–Crippen LogP) is -0.0140. The maximum atomic E-state index is 11.5. The average molecular weight is 228 g/mol. The molecule has 0 aromatic rings. The lowest BCUT2D eigenvalue weighted by molar-refractivity contribution is -0.142. The Morgan fingerprint density at radius 1 is 1.56 bits per heavy atom. The molecular weight excluding hydrogens is 212 g/mol. The van der Waals surface area contributed by atoms with Crippen molar-refractivity contribution in [2.24, 2.45) is 0 Å². The first kappa shape index (κ1) is 11.2. The fourth-order valence-electron chi connectivity index (χ4n) is 2.39. The van der Waals surface area contributed by atoms with Gasteiger partial charge in [0.2, 0.25) is 0 Å². The number of carbonyl (C=O) groups is 2. The Balaban J connectivity index is 2.10. The first-order valence-electron chi connectivity index (χ1n) is 5.46. The molecule has 2 unspecified atom stereocenters. The second-order valence-electron chi connectivity index (χ2n) is 4.40. The Labute approximate surface area is 93.8 Å². The monoisotopic (exact) mass is 228 g/mol. The van der Waals surface area contributed by atoms with Crippen LogP contribution in [-0.2, 0) is 9.53 Å². The zero-order chi connectivity index (χ0) is 11.7. The highest BCUT2D eigenvalue weighted by molar-refractivity contribution is 5.83. The van der Waals surface area contributed by atoms with E-state index in [-0.39, 0.29) is 12.6 Å². The van der Waals surface area contributed by atoms with Crippen molar-refractivity contribution in [2.75, 3.05) is 26.7 Å². The van der Waals surface area contributed by atoms with E-state index in [1.165, 1.54) is 4.90 Å². The molecule has 2 rings (SSSR count). The molecule has 1 N–H and O–H groups in total. The van der Waals surface area contributed by atoms with Gasteiger partial charge >= 0.3 is 12.1 Å². The number of likely N-dealkylation sites (tertiary alicyclic amines) is 1. The number of carboxylic acid groups (broad SMARTS) is 1. The van der Waals surface area contributed by atoms with Crippen LogP contribution in [0.2, 0.25) is 0 Å². The summed E-state index contributed by atoms with van der Waals surface area (Å²) in [5, 5.41) is 9.01. The van der Waals surface area contributed by atoms with E-state index in [1.54, 1.807) is 0 Å². The van der Waals surface area contributed by atoms with Crippen LogP contribution in [0, 0.1) is 0 Å². The van der Waals surface area contributed by atoms with Crippen molar-refractivity contribution in [1.29, 1.82) is 0 Å². The lowest BCUT2D eigenvalue weighted by Crippen LogP contribution is -2.52. The van der Waals surface area contributed by atoms with Gasteiger partial charge in [-0.25, -0.2) is 9.59 Å². The number of cyclic esters (lactones) is 1. The SMILES string of the molecule is CN1CCCC(N2C(=O)OCC2C(=O)O)C1. The standard InChI is InChI=1S/C10H16N2O4/c1-11-4-2-3-7(5-11)12-8(9(13)14)6-16-10(12)15/h7-8H,2-6H2,1H3,(H,13,14). The van der Waals surface area contributed by atoms with E-state index >= 15 is 0 Å². The quantitative estimate of drug-likeness (QED) is 0.719. The summed E-state index contributed by atoms with van der Waals surface area (Å²) < 4.78 is 4.82. The van der Waals surface area contributed by atoms with Gasteiger partial charge in [-0.05, 0) is 26.4 Å². The summed E-state index contributed by atoms with van der Waals surface area (Å²) in [7, 11) is 1.98. The Morgan fingerprint density at radius 3 is 2.94 bits per heavy atom. The van der Waals surface area contributed by atoms with E-state index in [2.05, 4.69) is 4.90 Å². The molecule has 0 saturated carbocycles. The minimum atomic E-state index is -0.987. The van der Waals surface area contributed by atoms with Gasteiger partial charge in [-0.3, -0.25) is 4.90 Å². The molecule has 1 amide bonds. The molecule has 0 aliphatic carbocycles. The summed E-state index contributed by atoms with van der Waals surface area (Å²) in [5.41, 5.74) is 0. The fraction of sp³-hybridized carbons (Fsp3) is 0.800. The Bertz CT molecular complexity index is 307. The van der Waals surface area contributed by atoms with Crippen LogP contribution in [0.15, 0.2) is 0 Å². The summed E-state index contributed by atoms with van der Waals surface area (Å²) in [6, 6.07) is -0.848. The highest BCUT2D eigenvalue weighted by Gasteiger charge is 2.43. The number of nitrogens with zero attached hydrogens (tertiary/aromatic N) is 2. The van der Waals surface area contributed by atoms with Crippen LogP contribution in [-0.4, -0.2) is 65.8 Å². The van der Waals surface area contributed by atoms with E-state index in [9.17, 15) is 9.59 Å². The van der Waals surface area contributed by atoms with Crippen LogP contribution >= 0.6 is 0 Å². The zero-order valence-corrected chi connectivity index (χ0v) is 9.26. The lowest BCUT2D eigenvalue weighted by atomic mass is 10.0. The Kier molecular flexibility index (Phi) is 3.00. The van der Waals surface area contributed by atoms with Crippen LogP contribution in [0.5, 0.6) is 0 Å². The molecule has 2 atom stereocenters. The molecule has 2 heterocycles. The summed E-state index contributed by atoms with van der Waals surface area (Å²) >= 11 is 0. The maximum Gasteiger partial charge on any atom is 0.411 e. The molecule has 0 radical (unpaired) electrons. The van der Waals surface area contributed by atoms with Crippen LogP contribution in [0.1, 0.15) is 12.8 Å². The number of likely N-dealkylation sites (N-methyl/N-ethyl adjacent to an activating group) is 1. The highest BCUT2D eigenvalue weighted by atomic mass is 16.6. The van der Waals surface area contributed by atoms with E-state index < -0.39 is 18.1 Å². The van der Waals surface area contributed by atoms with Gasteiger partial charge in [-0.1, -0.05) is 0 Å². The zero-order valence-electron chi connectivity index (χ0n) is 9.26. The van der Waals surface area contributed by atoms with Crippen molar-refractivity contribution in [3.8, 4) is 0 Å². The van der Waals surface area contributed by atoms with E-state index in [0.717, 1.165) is 25.9 Å². The predicted molar refractivity (Wildman–Crippen MR) is 55.1 cm³/mol. The van der Waals surface area contributed by atoms with Gasteiger partial charge in [0.15, 0.2) is 6.04 Å². The molecule has 0 bridgehead atoms. The summed E-state index contributed by atoms with van der Waals surface area (Å²) in [5.74, 6) is -0.987. The average Bonchev–Trinajstić information content (AvgIpc) is 2.60. The molecule has 0 aromatic heterocycles. The van der Waals surface area contributed by atoms with Crippen molar-refractivity contribution in [3.05, 3.63) is 0 Å². The van der Waals surface area contributed by atoms with Gasteiger partial charge in [0, 0.05) is 12.6 Å². The number of hydrogen-bond acceptors (Lipinski definition) is 4. The van der Waals surface area contributed by atoms with Crippen molar-refractivity contribution >= 4 is 12.1 Å². The number of ether oxygens (including phenoxy) is 1.